The maximum absolute atomic E-state index is 6.90. The van der Waals surface area contributed by atoms with Crippen molar-refractivity contribution in [1.29, 1.82) is 0 Å². The van der Waals surface area contributed by atoms with Crippen LogP contribution in [-0.2, 0) is 11.3 Å². The predicted molar refractivity (Wildman–Crippen MR) is 46.1 cm³/mol. The van der Waals surface area contributed by atoms with Gasteiger partial charge in [-0.15, -0.1) is 0 Å². The lowest BCUT2D eigenvalue weighted by Gasteiger charge is -2.07. The van der Waals surface area contributed by atoms with Crippen LogP contribution >= 0.6 is 0 Å². The van der Waals surface area contributed by atoms with Crippen LogP contribution in [-0.4, -0.2) is 18.6 Å². The Hall–Kier alpha value is -1.09. The van der Waals surface area contributed by atoms with Crippen molar-refractivity contribution >= 4 is 0 Å². The first kappa shape index (κ1) is 5.54. The van der Waals surface area contributed by atoms with E-state index in [1.807, 2.05) is 6.92 Å². The lowest BCUT2D eigenvalue weighted by Crippen LogP contribution is -1.98. The molecule has 0 saturated carbocycles. The number of ether oxygens (including phenoxy) is 2. The van der Waals surface area contributed by atoms with Crippen molar-refractivity contribution in [1.82, 2.24) is 4.98 Å². The summed E-state index contributed by atoms with van der Waals surface area (Å²) in [7, 11) is -2.39. The smallest absolute Gasteiger partial charge is 0.127 e. The summed E-state index contributed by atoms with van der Waals surface area (Å²) in [6, 6.07) is 1.68. The SMILES string of the molecule is [2H]C([2H])([2H])OCc1cnccc1OCC. The number of nitrogens with zero attached hydrogens (tertiary/aromatic N) is 1. The van der Waals surface area contributed by atoms with Gasteiger partial charge >= 0.3 is 0 Å². The third-order valence-electron chi connectivity index (χ3n) is 1.39. The molecule has 0 fully saturated rings. The largest absolute Gasteiger partial charge is 0.493 e. The maximum atomic E-state index is 6.90. The molecule has 0 aliphatic rings. The van der Waals surface area contributed by atoms with E-state index in [1.54, 1.807) is 12.3 Å². The molecule has 1 rings (SSSR count). The lowest BCUT2D eigenvalue weighted by atomic mass is 10.3. The molecule has 0 aromatic carbocycles. The van der Waals surface area contributed by atoms with Crippen LogP contribution in [0, 0.1) is 0 Å². The van der Waals surface area contributed by atoms with Crippen LogP contribution < -0.4 is 4.74 Å². The molecule has 12 heavy (non-hydrogen) atoms. The Labute approximate surface area is 76.6 Å². The molecule has 1 heterocycles. The Kier molecular flexibility index (Phi) is 2.18. The predicted octanol–water partition coefficient (Wildman–Crippen LogP) is 1.63. The lowest BCUT2D eigenvalue weighted by molar-refractivity contribution is 0.180. The topological polar surface area (TPSA) is 31.4 Å². The second-order valence-corrected chi connectivity index (χ2v) is 2.21. The van der Waals surface area contributed by atoms with Crippen LogP contribution in [0.2, 0.25) is 0 Å². The summed E-state index contributed by atoms with van der Waals surface area (Å²) in [5.74, 6) is 0.608. The first-order chi connectivity index (χ1) is 7.03. The molecule has 0 saturated heterocycles. The van der Waals surface area contributed by atoms with E-state index in [0.717, 1.165) is 0 Å². The number of pyridine rings is 1. The number of hydrogen-bond acceptors (Lipinski definition) is 3. The number of hydrogen-bond donors (Lipinski definition) is 0. The minimum absolute atomic E-state index is 0.0281. The van der Waals surface area contributed by atoms with Gasteiger partial charge in [-0.05, 0) is 13.0 Å². The van der Waals surface area contributed by atoms with E-state index in [2.05, 4.69) is 9.72 Å². The molecule has 0 aliphatic heterocycles. The third kappa shape index (κ3) is 2.20. The second kappa shape index (κ2) is 4.72. The highest BCUT2D eigenvalue weighted by Crippen LogP contribution is 2.16. The van der Waals surface area contributed by atoms with Crippen molar-refractivity contribution in [2.75, 3.05) is 13.6 Å². The average molecular weight is 170 g/mol. The van der Waals surface area contributed by atoms with Crippen molar-refractivity contribution in [3.8, 4) is 5.75 Å². The van der Waals surface area contributed by atoms with Gasteiger partial charge in [0.1, 0.15) is 5.75 Å². The zero-order chi connectivity index (χ0) is 11.3. The molecule has 1 aromatic heterocycles. The van der Waals surface area contributed by atoms with Crippen molar-refractivity contribution in [3.05, 3.63) is 24.0 Å². The van der Waals surface area contributed by atoms with Gasteiger partial charge in [-0.3, -0.25) is 4.98 Å². The fourth-order valence-electron chi connectivity index (χ4n) is 0.897. The van der Waals surface area contributed by atoms with Crippen molar-refractivity contribution in [2.45, 2.75) is 13.5 Å². The molecule has 3 nitrogen and oxygen atoms in total. The second-order valence-electron chi connectivity index (χ2n) is 2.21. The molecule has 0 spiro atoms. The van der Waals surface area contributed by atoms with Crippen LogP contribution in [0.25, 0.3) is 0 Å². The van der Waals surface area contributed by atoms with Crippen molar-refractivity contribution in [3.63, 3.8) is 0 Å². The fraction of sp³-hybridized carbons (Fsp3) is 0.444. The quantitative estimate of drug-likeness (QED) is 0.688. The molecule has 0 atom stereocenters. The van der Waals surface area contributed by atoms with Gasteiger partial charge in [-0.25, -0.2) is 0 Å². The van der Waals surface area contributed by atoms with Crippen LogP contribution in [0.1, 0.15) is 16.6 Å². The van der Waals surface area contributed by atoms with Gasteiger partial charge in [-0.1, -0.05) is 0 Å². The minimum Gasteiger partial charge on any atom is -0.493 e. The molecular weight excluding hydrogens is 154 g/mol. The number of rotatable bonds is 4. The summed E-state index contributed by atoms with van der Waals surface area (Å²) in [5.41, 5.74) is 0.635. The van der Waals surface area contributed by atoms with Crippen molar-refractivity contribution < 1.29 is 13.6 Å². The van der Waals surface area contributed by atoms with E-state index in [-0.39, 0.29) is 6.61 Å². The highest BCUT2D eigenvalue weighted by Gasteiger charge is 2.00. The van der Waals surface area contributed by atoms with Crippen LogP contribution in [0.3, 0.4) is 0 Å². The third-order valence-corrected chi connectivity index (χ3v) is 1.39. The molecule has 0 bridgehead atoms. The molecule has 0 amide bonds. The summed E-state index contributed by atoms with van der Waals surface area (Å²) >= 11 is 0. The zero-order valence-corrected chi connectivity index (χ0v) is 6.91. The van der Waals surface area contributed by atoms with Gasteiger partial charge in [0, 0.05) is 25.0 Å². The van der Waals surface area contributed by atoms with E-state index >= 15 is 0 Å². The van der Waals surface area contributed by atoms with Gasteiger partial charge in [0.05, 0.1) is 17.3 Å². The summed E-state index contributed by atoms with van der Waals surface area (Å²) in [4.78, 5) is 3.88. The highest BCUT2D eigenvalue weighted by atomic mass is 16.5. The standard InChI is InChI=1S/C9H13NO2/c1-3-12-9-4-5-10-6-8(9)7-11-2/h4-6H,3,7H2,1-2H3/i2D3. The van der Waals surface area contributed by atoms with Crippen molar-refractivity contribution in [2.24, 2.45) is 0 Å². The summed E-state index contributed by atoms with van der Waals surface area (Å²) < 4.78 is 30.7. The summed E-state index contributed by atoms with van der Waals surface area (Å²) in [6.45, 7) is 2.35. The Balaban J connectivity index is 2.67. The first-order valence-corrected chi connectivity index (χ1v) is 3.72. The van der Waals surface area contributed by atoms with E-state index in [0.29, 0.717) is 17.9 Å². The van der Waals surface area contributed by atoms with Crippen LogP contribution in [0.4, 0.5) is 0 Å². The molecule has 0 N–H and O–H groups in total. The van der Waals surface area contributed by atoms with Crippen LogP contribution in [0.15, 0.2) is 18.5 Å². The fourth-order valence-corrected chi connectivity index (χ4v) is 0.897. The number of methoxy groups -OCH3 is 1. The molecule has 0 unspecified atom stereocenters. The highest BCUT2D eigenvalue weighted by molar-refractivity contribution is 5.29. The Morgan fingerprint density at radius 1 is 1.67 bits per heavy atom. The Morgan fingerprint density at radius 3 is 3.33 bits per heavy atom. The van der Waals surface area contributed by atoms with Crippen LogP contribution in [0.5, 0.6) is 5.75 Å². The van der Waals surface area contributed by atoms with Gasteiger partial charge in [0.15, 0.2) is 0 Å². The van der Waals surface area contributed by atoms with E-state index in [1.165, 1.54) is 6.20 Å². The van der Waals surface area contributed by atoms with E-state index in [9.17, 15) is 0 Å². The van der Waals surface area contributed by atoms with Gasteiger partial charge in [-0.2, -0.15) is 0 Å². The molecule has 1 aromatic rings. The maximum Gasteiger partial charge on any atom is 0.127 e. The monoisotopic (exact) mass is 170 g/mol. The van der Waals surface area contributed by atoms with E-state index < -0.39 is 7.04 Å². The molecule has 0 radical (unpaired) electrons. The molecule has 3 heteroatoms. The first-order valence-electron chi connectivity index (χ1n) is 5.22. The summed E-state index contributed by atoms with van der Waals surface area (Å²) in [5, 5.41) is 0. The summed E-state index contributed by atoms with van der Waals surface area (Å²) in [6.07, 6.45) is 3.13. The van der Waals surface area contributed by atoms with E-state index in [4.69, 9.17) is 8.85 Å². The molecule has 66 valence electrons. The van der Waals surface area contributed by atoms with Gasteiger partial charge in [0.25, 0.3) is 0 Å². The van der Waals surface area contributed by atoms with Gasteiger partial charge < -0.3 is 9.47 Å². The normalized spacial score (nSPS) is 14.6. The zero-order valence-electron chi connectivity index (χ0n) is 9.91. The molecule has 0 aliphatic carbocycles. The Morgan fingerprint density at radius 2 is 2.58 bits per heavy atom. The molecular formula is C9H13NO2. The van der Waals surface area contributed by atoms with Gasteiger partial charge in [0.2, 0.25) is 0 Å². The average Bonchev–Trinajstić information content (AvgIpc) is 2.16. The minimum atomic E-state index is -2.39. The Bertz CT molecular complexity index is 314. The number of aromatic nitrogens is 1.